The van der Waals surface area contributed by atoms with Crippen LogP contribution in [0.1, 0.15) is 44.9 Å². The minimum absolute atomic E-state index is 0.0280. The van der Waals surface area contributed by atoms with Crippen molar-refractivity contribution in [3.63, 3.8) is 0 Å². The molecule has 0 radical (unpaired) electrons. The fourth-order valence-electron chi connectivity index (χ4n) is 3.18. The Bertz CT molecular complexity index is 779. The lowest BCUT2D eigenvalue weighted by Crippen LogP contribution is -2.45. The molecule has 1 amide bonds. The Morgan fingerprint density at radius 3 is 2.54 bits per heavy atom. The highest BCUT2D eigenvalue weighted by Gasteiger charge is 2.27. The molecule has 2 rings (SSSR count). The van der Waals surface area contributed by atoms with E-state index in [0.29, 0.717) is 17.9 Å². The molecule has 2 unspecified atom stereocenters. The molecule has 0 saturated heterocycles. The molecule has 2 atom stereocenters. The highest BCUT2D eigenvalue weighted by Crippen LogP contribution is 2.23. The number of rotatable bonds is 10. The second-order valence-corrected chi connectivity index (χ2v) is 7.71. The number of nitrogens with one attached hydrogen (secondary N) is 1. The number of carbonyl (C=O) groups is 1. The maximum Gasteiger partial charge on any atom is 0.261 e. The van der Waals surface area contributed by atoms with Crippen molar-refractivity contribution >= 4 is 17.2 Å². The van der Waals surface area contributed by atoms with Gasteiger partial charge in [0.2, 0.25) is 0 Å². The molecule has 0 bridgehead atoms. The average Bonchev–Trinajstić information content (AvgIpc) is 3.23. The average molecular weight is 400 g/mol. The third kappa shape index (κ3) is 5.57. The Kier molecular flexibility index (Phi) is 8.49. The Morgan fingerprint density at radius 2 is 1.96 bits per heavy atom. The van der Waals surface area contributed by atoms with E-state index >= 15 is 0 Å². The van der Waals surface area contributed by atoms with Gasteiger partial charge in [0.1, 0.15) is 11.8 Å². The monoisotopic (exact) mass is 399 g/mol. The molecule has 150 valence electrons. The Morgan fingerprint density at radius 1 is 1.25 bits per heavy atom. The Hall–Kier alpha value is -2.36. The van der Waals surface area contributed by atoms with Crippen molar-refractivity contribution in [3.05, 3.63) is 52.2 Å². The number of carbonyl (C=O) groups excluding carboxylic acids is 1. The fraction of sp³-hybridized carbons (Fsp3) is 0.455. The van der Waals surface area contributed by atoms with Crippen molar-refractivity contribution in [2.24, 2.45) is 5.92 Å². The lowest BCUT2D eigenvalue weighted by Gasteiger charge is -2.30. The molecule has 28 heavy (non-hydrogen) atoms. The smallest absolute Gasteiger partial charge is 0.261 e. The second-order valence-electron chi connectivity index (χ2n) is 6.93. The van der Waals surface area contributed by atoms with Crippen molar-refractivity contribution in [2.45, 2.75) is 39.8 Å². The molecule has 1 N–H and O–H groups in total. The lowest BCUT2D eigenvalue weighted by atomic mass is 10.0. The molecule has 1 heterocycles. The molecule has 0 spiro atoms. The van der Waals surface area contributed by atoms with Gasteiger partial charge in [-0.1, -0.05) is 39.8 Å². The highest BCUT2D eigenvalue weighted by atomic mass is 32.1. The first kappa shape index (κ1) is 21.9. The van der Waals surface area contributed by atoms with E-state index < -0.39 is 6.10 Å². The number of nitrogens with zero attached hydrogens (tertiary/aromatic N) is 2. The zero-order valence-electron chi connectivity index (χ0n) is 17.0. The van der Waals surface area contributed by atoms with Crippen molar-refractivity contribution < 1.29 is 9.53 Å². The van der Waals surface area contributed by atoms with Gasteiger partial charge in [0.05, 0.1) is 11.6 Å². The SMILES string of the molecule is CCN(CC)C(CNC(=O)C(Oc1ccccc1C#N)C(C)C)c1ccsc1. The van der Waals surface area contributed by atoms with Gasteiger partial charge in [0.15, 0.2) is 6.10 Å². The van der Waals surface area contributed by atoms with Gasteiger partial charge in [0.25, 0.3) is 5.91 Å². The molecule has 0 aliphatic carbocycles. The zero-order valence-corrected chi connectivity index (χ0v) is 17.8. The normalized spacial score (nSPS) is 13.2. The fourth-order valence-corrected chi connectivity index (χ4v) is 3.88. The first-order valence-electron chi connectivity index (χ1n) is 9.71. The predicted octanol–water partition coefficient (Wildman–Crippen LogP) is 4.22. The number of thiophene rings is 1. The molecule has 0 aliphatic rings. The number of hydrogen-bond donors (Lipinski definition) is 1. The number of likely N-dealkylation sites (N-methyl/N-ethyl adjacent to an activating group) is 1. The third-order valence-corrected chi connectivity index (χ3v) is 5.48. The maximum atomic E-state index is 12.9. The largest absolute Gasteiger partial charge is 0.479 e. The van der Waals surface area contributed by atoms with Crippen molar-refractivity contribution in [1.29, 1.82) is 5.26 Å². The Balaban J connectivity index is 2.11. The van der Waals surface area contributed by atoms with Crippen LogP contribution in [0.15, 0.2) is 41.1 Å². The van der Waals surface area contributed by atoms with Crippen LogP contribution in [-0.4, -0.2) is 36.5 Å². The quantitative estimate of drug-likeness (QED) is 0.649. The Labute approximate surface area is 171 Å². The van der Waals surface area contributed by atoms with Gasteiger partial charge in [-0.3, -0.25) is 9.69 Å². The molecule has 2 aromatic rings. The molecule has 6 heteroatoms. The summed E-state index contributed by atoms with van der Waals surface area (Å²) >= 11 is 1.66. The van der Waals surface area contributed by atoms with Gasteiger partial charge < -0.3 is 10.1 Å². The summed E-state index contributed by atoms with van der Waals surface area (Å²) in [5, 5.41) is 16.5. The highest BCUT2D eigenvalue weighted by molar-refractivity contribution is 7.07. The first-order valence-corrected chi connectivity index (χ1v) is 10.7. The summed E-state index contributed by atoms with van der Waals surface area (Å²) < 4.78 is 5.95. The number of para-hydroxylation sites is 1. The van der Waals surface area contributed by atoms with E-state index in [9.17, 15) is 10.1 Å². The molecule has 0 aliphatic heterocycles. The van der Waals surface area contributed by atoms with E-state index in [1.165, 1.54) is 5.56 Å². The second kappa shape index (κ2) is 10.8. The van der Waals surface area contributed by atoms with Crippen LogP contribution in [0.5, 0.6) is 5.75 Å². The van der Waals surface area contributed by atoms with Gasteiger partial charge in [-0.15, -0.1) is 0 Å². The van der Waals surface area contributed by atoms with Gasteiger partial charge in [0, 0.05) is 6.54 Å². The molecule has 0 fully saturated rings. The maximum absolute atomic E-state index is 12.9. The number of amides is 1. The van der Waals surface area contributed by atoms with Crippen LogP contribution in [0, 0.1) is 17.2 Å². The molecule has 0 saturated carbocycles. The van der Waals surface area contributed by atoms with Crippen LogP contribution < -0.4 is 10.1 Å². The van der Waals surface area contributed by atoms with Gasteiger partial charge in [-0.05, 0) is 53.5 Å². The van der Waals surface area contributed by atoms with Crippen LogP contribution in [-0.2, 0) is 4.79 Å². The minimum atomic E-state index is -0.658. The van der Waals surface area contributed by atoms with Crippen LogP contribution in [0.2, 0.25) is 0 Å². The van der Waals surface area contributed by atoms with Crippen LogP contribution in [0.3, 0.4) is 0 Å². The van der Waals surface area contributed by atoms with Crippen LogP contribution in [0.4, 0.5) is 0 Å². The molecule has 5 nitrogen and oxygen atoms in total. The predicted molar refractivity (Wildman–Crippen MR) is 113 cm³/mol. The van der Waals surface area contributed by atoms with E-state index in [2.05, 4.69) is 47.0 Å². The van der Waals surface area contributed by atoms with Crippen molar-refractivity contribution in [3.8, 4) is 11.8 Å². The minimum Gasteiger partial charge on any atom is -0.479 e. The van der Waals surface area contributed by atoms with E-state index in [4.69, 9.17) is 4.74 Å². The summed E-state index contributed by atoms with van der Waals surface area (Å²) in [5.41, 5.74) is 1.64. The topological polar surface area (TPSA) is 65.4 Å². The summed E-state index contributed by atoms with van der Waals surface area (Å²) in [6.07, 6.45) is -0.658. The van der Waals surface area contributed by atoms with Gasteiger partial charge in [-0.2, -0.15) is 16.6 Å². The molecule has 1 aromatic heterocycles. The van der Waals surface area contributed by atoms with E-state index in [1.807, 2.05) is 13.8 Å². The van der Waals surface area contributed by atoms with Crippen LogP contribution in [0.25, 0.3) is 0 Å². The van der Waals surface area contributed by atoms with E-state index in [-0.39, 0.29) is 17.9 Å². The van der Waals surface area contributed by atoms with E-state index in [0.717, 1.165) is 13.1 Å². The van der Waals surface area contributed by atoms with Crippen molar-refractivity contribution in [2.75, 3.05) is 19.6 Å². The summed E-state index contributed by atoms with van der Waals surface area (Å²) in [6, 6.07) is 11.4. The number of benzene rings is 1. The van der Waals surface area contributed by atoms with Gasteiger partial charge >= 0.3 is 0 Å². The summed E-state index contributed by atoms with van der Waals surface area (Å²) in [4.78, 5) is 15.3. The third-order valence-electron chi connectivity index (χ3n) is 4.78. The van der Waals surface area contributed by atoms with E-state index in [1.54, 1.807) is 35.6 Å². The summed E-state index contributed by atoms with van der Waals surface area (Å²) in [6.45, 7) is 10.5. The number of ether oxygens (including phenoxy) is 1. The van der Waals surface area contributed by atoms with Crippen LogP contribution >= 0.6 is 11.3 Å². The molecular weight excluding hydrogens is 370 g/mol. The first-order chi connectivity index (χ1) is 13.5. The lowest BCUT2D eigenvalue weighted by molar-refractivity contribution is -0.130. The molecule has 1 aromatic carbocycles. The summed E-state index contributed by atoms with van der Waals surface area (Å²) in [5.74, 6) is 0.256. The number of hydrogen-bond acceptors (Lipinski definition) is 5. The standard InChI is InChI=1S/C22H29N3O2S/c1-5-25(6-2)19(18-11-12-28-15-18)14-24-22(26)21(16(3)4)27-20-10-8-7-9-17(20)13-23/h7-12,15-16,19,21H,5-6,14H2,1-4H3,(H,24,26). The number of nitriles is 1. The summed E-state index contributed by atoms with van der Waals surface area (Å²) in [7, 11) is 0. The zero-order chi connectivity index (χ0) is 20.5. The molecular formula is C22H29N3O2S. The van der Waals surface area contributed by atoms with Crippen molar-refractivity contribution in [1.82, 2.24) is 10.2 Å². The van der Waals surface area contributed by atoms with Gasteiger partial charge in [-0.25, -0.2) is 0 Å².